The molecule has 2 atom stereocenters. The molecule has 0 spiro atoms. The molecule has 1 saturated carbocycles. The van der Waals surface area contributed by atoms with Gasteiger partial charge < -0.3 is 5.32 Å². The van der Waals surface area contributed by atoms with Crippen LogP contribution >= 0.6 is 11.8 Å². The standard InChI is InChI=1S/C12H25NS/c1-4-7-13-11-5-6-12(8-11)14-9-10(2)3/h10-13H,4-9H2,1-3H3. The number of thioether (sulfide) groups is 1. The predicted molar refractivity (Wildman–Crippen MR) is 67.0 cm³/mol. The van der Waals surface area contributed by atoms with Gasteiger partial charge in [-0.05, 0) is 43.9 Å². The molecule has 0 aromatic rings. The van der Waals surface area contributed by atoms with Crippen molar-refractivity contribution in [2.45, 2.75) is 57.7 Å². The summed E-state index contributed by atoms with van der Waals surface area (Å²) in [5.41, 5.74) is 0. The lowest BCUT2D eigenvalue weighted by Crippen LogP contribution is -2.27. The first kappa shape index (κ1) is 12.4. The highest BCUT2D eigenvalue weighted by Gasteiger charge is 2.24. The Hall–Kier alpha value is 0.310. The number of hydrogen-bond donors (Lipinski definition) is 1. The lowest BCUT2D eigenvalue weighted by atomic mass is 10.2. The molecule has 0 amide bonds. The van der Waals surface area contributed by atoms with Gasteiger partial charge in [-0.3, -0.25) is 0 Å². The Morgan fingerprint density at radius 1 is 1.36 bits per heavy atom. The van der Waals surface area contributed by atoms with Gasteiger partial charge in [0.05, 0.1) is 0 Å². The summed E-state index contributed by atoms with van der Waals surface area (Å²) in [6, 6.07) is 0.819. The minimum Gasteiger partial charge on any atom is -0.314 e. The second-order valence-electron chi connectivity index (χ2n) is 4.81. The lowest BCUT2D eigenvalue weighted by Gasteiger charge is -2.13. The zero-order valence-corrected chi connectivity index (χ0v) is 10.7. The molecule has 1 nitrogen and oxygen atoms in total. The molecule has 14 heavy (non-hydrogen) atoms. The molecule has 0 heterocycles. The van der Waals surface area contributed by atoms with Crippen molar-refractivity contribution >= 4 is 11.8 Å². The summed E-state index contributed by atoms with van der Waals surface area (Å²) in [5, 5.41) is 4.57. The largest absolute Gasteiger partial charge is 0.314 e. The Morgan fingerprint density at radius 3 is 2.79 bits per heavy atom. The molecular weight excluding hydrogens is 190 g/mol. The SMILES string of the molecule is CCCNC1CCC(SCC(C)C)C1. The van der Waals surface area contributed by atoms with Crippen LogP contribution in [-0.2, 0) is 0 Å². The number of rotatable bonds is 6. The van der Waals surface area contributed by atoms with Gasteiger partial charge in [-0.2, -0.15) is 11.8 Å². The van der Waals surface area contributed by atoms with Crippen LogP contribution in [0.1, 0.15) is 46.5 Å². The van der Waals surface area contributed by atoms with Crippen LogP contribution in [0.4, 0.5) is 0 Å². The zero-order chi connectivity index (χ0) is 10.4. The van der Waals surface area contributed by atoms with Gasteiger partial charge >= 0.3 is 0 Å². The van der Waals surface area contributed by atoms with E-state index in [9.17, 15) is 0 Å². The molecule has 0 aromatic carbocycles. The smallest absolute Gasteiger partial charge is 0.00779 e. The molecule has 1 aliphatic rings. The van der Waals surface area contributed by atoms with Gasteiger partial charge in [-0.25, -0.2) is 0 Å². The van der Waals surface area contributed by atoms with Crippen molar-refractivity contribution in [1.82, 2.24) is 5.32 Å². The molecule has 2 unspecified atom stereocenters. The molecule has 0 radical (unpaired) electrons. The molecule has 0 saturated heterocycles. The molecule has 1 rings (SSSR count). The average molecular weight is 215 g/mol. The molecule has 1 N–H and O–H groups in total. The van der Waals surface area contributed by atoms with Gasteiger partial charge in [0.15, 0.2) is 0 Å². The van der Waals surface area contributed by atoms with E-state index in [-0.39, 0.29) is 0 Å². The van der Waals surface area contributed by atoms with Gasteiger partial charge in [-0.1, -0.05) is 20.8 Å². The Bertz CT molecular complexity index is 147. The summed E-state index contributed by atoms with van der Waals surface area (Å²) in [7, 11) is 0. The summed E-state index contributed by atoms with van der Waals surface area (Å²) < 4.78 is 0. The Labute approximate surface area is 93.4 Å². The van der Waals surface area contributed by atoms with Crippen LogP contribution < -0.4 is 5.32 Å². The van der Waals surface area contributed by atoms with Crippen molar-refractivity contribution in [1.29, 1.82) is 0 Å². The minimum atomic E-state index is 0.819. The number of nitrogens with one attached hydrogen (secondary N) is 1. The quantitative estimate of drug-likeness (QED) is 0.729. The first-order valence-corrected chi connectivity index (χ1v) is 7.12. The third-order valence-electron chi connectivity index (χ3n) is 2.73. The van der Waals surface area contributed by atoms with Gasteiger partial charge in [-0.15, -0.1) is 0 Å². The van der Waals surface area contributed by atoms with Crippen LogP contribution in [0.2, 0.25) is 0 Å². The van der Waals surface area contributed by atoms with Crippen molar-refractivity contribution in [3.05, 3.63) is 0 Å². The van der Waals surface area contributed by atoms with E-state index in [0.717, 1.165) is 17.2 Å². The van der Waals surface area contributed by atoms with E-state index >= 15 is 0 Å². The van der Waals surface area contributed by atoms with Crippen LogP contribution in [0.3, 0.4) is 0 Å². The van der Waals surface area contributed by atoms with Crippen molar-refractivity contribution in [3.8, 4) is 0 Å². The molecule has 0 aliphatic heterocycles. The first-order valence-electron chi connectivity index (χ1n) is 6.07. The molecule has 1 fully saturated rings. The van der Waals surface area contributed by atoms with Crippen molar-refractivity contribution in [3.63, 3.8) is 0 Å². The molecular formula is C12H25NS. The van der Waals surface area contributed by atoms with Gasteiger partial charge in [0.25, 0.3) is 0 Å². The predicted octanol–water partition coefficient (Wildman–Crippen LogP) is 3.30. The van der Waals surface area contributed by atoms with E-state index in [0.29, 0.717) is 0 Å². The fourth-order valence-electron chi connectivity index (χ4n) is 1.95. The molecule has 0 aromatic heterocycles. The van der Waals surface area contributed by atoms with Crippen LogP contribution in [0, 0.1) is 5.92 Å². The maximum absolute atomic E-state index is 3.64. The van der Waals surface area contributed by atoms with Crippen molar-refractivity contribution in [2.75, 3.05) is 12.3 Å². The fraction of sp³-hybridized carbons (Fsp3) is 1.00. The summed E-state index contributed by atoms with van der Waals surface area (Å²) in [5.74, 6) is 2.19. The third kappa shape index (κ3) is 4.70. The molecule has 2 heteroatoms. The van der Waals surface area contributed by atoms with Crippen LogP contribution in [0.15, 0.2) is 0 Å². The normalized spacial score (nSPS) is 27.4. The summed E-state index contributed by atoms with van der Waals surface area (Å²) >= 11 is 2.19. The fourth-order valence-corrected chi connectivity index (χ4v) is 3.28. The topological polar surface area (TPSA) is 12.0 Å². The van der Waals surface area contributed by atoms with E-state index in [1.165, 1.54) is 38.0 Å². The lowest BCUT2D eigenvalue weighted by molar-refractivity contribution is 0.524. The highest BCUT2D eigenvalue weighted by Crippen LogP contribution is 2.30. The first-order chi connectivity index (χ1) is 6.72. The highest BCUT2D eigenvalue weighted by molar-refractivity contribution is 7.99. The van der Waals surface area contributed by atoms with Crippen LogP contribution in [0.25, 0.3) is 0 Å². The second-order valence-corrected chi connectivity index (χ2v) is 6.15. The monoisotopic (exact) mass is 215 g/mol. The van der Waals surface area contributed by atoms with E-state index < -0.39 is 0 Å². The van der Waals surface area contributed by atoms with Gasteiger partial charge in [0, 0.05) is 11.3 Å². The van der Waals surface area contributed by atoms with E-state index in [4.69, 9.17) is 0 Å². The van der Waals surface area contributed by atoms with Crippen molar-refractivity contribution < 1.29 is 0 Å². The van der Waals surface area contributed by atoms with E-state index in [1.54, 1.807) is 0 Å². The second kappa shape index (κ2) is 6.73. The van der Waals surface area contributed by atoms with Gasteiger partial charge in [0.2, 0.25) is 0 Å². The third-order valence-corrected chi connectivity index (χ3v) is 4.49. The van der Waals surface area contributed by atoms with Crippen LogP contribution in [-0.4, -0.2) is 23.6 Å². The maximum atomic E-state index is 3.64. The summed E-state index contributed by atoms with van der Waals surface area (Å²) in [6.07, 6.45) is 5.49. The Balaban J connectivity index is 2.08. The average Bonchev–Trinajstić information content (AvgIpc) is 2.59. The Kier molecular flexibility index (Phi) is 5.95. The maximum Gasteiger partial charge on any atom is 0.00779 e. The highest BCUT2D eigenvalue weighted by atomic mass is 32.2. The molecule has 0 bridgehead atoms. The molecule has 84 valence electrons. The Morgan fingerprint density at radius 2 is 2.14 bits per heavy atom. The summed E-state index contributed by atoms with van der Waals surface area (Å²) in [6.45, 7) is 8.07. The van der Waals surface area contributed by atoms with Crippen LogP contribution in [0.5, 0.6) is 0 Å². The number of hydrogen-bond acceptors (Lipinski definition) is 2. The van der Waals surface area contributed by atoms with E-state index in [1.807, 2.05) is 0 Å². The van der Waals surface area contributed by atoms with Crippen molar-refractivity contribution in [2.24, 2.45) is 5.92 Å². The minimum absolute atomic E-state index is 0.819. The molecule has 1 aliphatic carbocycles. The van der Waals surface area contributed by atoms with Gasteiger partial charge in [0.1, 0.15) is 0 Å². The van der Waals surface area contributed by atoms with E-state index in [2.05, 4.69) is 37.8 Å². The summed E-state index contributed by atoms with van der Waals surface area (Å²) in [4.78, 5) is 0. The zero-order valence-electron chi connectivity index (χ0n) is 9.88.